The van der Waals surface area contributed by atoms with Gasteiger partial charge in [0, 0.05) is 17.9 Å². The van der Waals surface area contributed by atoms with Crippen LogP contribution < -0.4 is 5.32 Å². The van der Waals surface area contributed by atoms with Crippen LogP contribution in [0.25, 0.3) is 0 Å². The molecule has 2 rings (SSSR count). The molecule has 0 radical (unpaired) electrons. The number of benzene rings is 1. The summed E-state index contributed by atoms with van der Waals surface area (Å²) in [7, 11) is 0. The molecule has 1 fully saturated rings. The molecule has 0 spiro atoms. The third-order valence-electron chi connectivity index (χ3n) is 3.82. The van der Waals surface area contributed by atoms with Gasteiger partial charge in [-0.25, -0.2) is 0 Å². The zero-order valence-electron chi connectivity index (χ0n) is 13.9. The highest BCUT2D eigenvalue weighted by atomic mass is 32.2. The number of nitrogens with one attached hydrogen (secondary N) is 1. The number of hydrogen-bond acceptors (Lipinski definition) is 4. The molecule has 5 nitrogen and oxygen atoms in total. The lowest BCUT2D eigenvalue weighted by Crippen LogP contribution is -2.47. The molecular weight excluding hydrogens is 322 g/mol. The van der Waals surface area contributed by atoms with Crippen molar-refractivity contribution < 1.29 is 9.59 Å². The van der Waals surface area contributed by atoms with Crippen LogP contribution in [0.5, 0.6) is 0 Å². The fourth-order valence-corrected chi connectivity index (χ4v) is 3.69. The van der Waals surface area contributed by atoms with E-state index in [4.69, 9.17) is 5.26 Å². The maximum atomic E-state index is 12.5. The van der Waals surface area contributed by atoms with Crippen molar-refractivity contribution in [3.63, 3.8) is 0 Å². The van der Waals surface area contributed by atoms with Crippen LogP contribution in [0, 0.1) is 11.3 Å². The zero-order chi connectivity index (χ0) is 17.5. The Morgan fingerprint density at radius 1 is 1.50 bits per heavy atom. The van der Waals surface area contributed by atoms with E-state index >= 15 is 0 Å². The maximum absolute atomic E-state index is 12.5. The molecule has 1 aliphatic rings. The summed E-state index contributed by atoms with van der Waals surface area (Å²) in [5, 5.41) is 11.8. The molecule has 1 aliphatic heterocycles. The third kappa shape index (κ3) is 4.39. The Morgan fingerprint density at radius 2 is 2.29 bits per heavy atom. The number of thioether (sulfide) groups is 1. The van der Waals surface area contributed by atoms with Gasteiger partial charge in [0.15, 0.2) is 0 Å². The molecule has 0 saturated carbocycles. The van der Waals surface area contributed by atoms with Crippen molar-refractivity contribution in [2.75, 3.05) is 11.6 Å². The molecule has 0 aliphatic carbocycles. The number of hydrogen-bond donors (Lipinski definition) is 1. The van der Waals surface area contributed by atoms with E-state index < -0.39 is 6.04 Å². The Balaban J connectivity index is 1.99. The standard InChI is InChI=1S/C18H21N3O2S/c1-3-5-13(2)18(23)21-12-24-11-16(21)17(22)20-10-15-7-4-6-14(8-15)9-19/h4-8,16H,3,10-12H2,1-2H3,(H,20,22)/b13-5+. The van der Waals surface area contributed by atoms with Crippen molar-refractivity contribution in [3.05, 3.63) is 47.0 Å². The first-order valence-corrected chi connectivity index (χ1v) is 9.04. The number of nitrogens with zero attached hydrogens (tertiary/aromatic N) is 2. The molecule has 1 saturated heterocycles. The SMILES string of the molecule is CC/C=C(\C)C(=O)N1CSCC1C(=O)NCc1cccc(C#N)c1. The number of carbonyl (C=O) groups excluding carboxylic acids is 2. The largest absolute Gasteiger partial charge is 0.350 e. The van der Waals surface area contributed by atoms with Crippen LogP contribution in [0.3, 0.4) is 0 Å². The molecule has 1 unspecified atom stereocenters. The summed E-state index contributed by atoms with van der Waals surface area (Å²) in [6.45, 7) is 4.12. The topological polar surface area (TPSA) is 73.2 Å². The summed E-state index contributed by atoms with van der Waals surface area (Å²) in [6, 6.07) is 8.77. The second kappa shape index (κ2) is 8.55. The summed E-state index contributed by atoms with van der Waals surface area (Å²) in [4.78, 5) is 26.5. The predicted octanol–water partition coefficient (Wildman–Crippen LogP) is 2.43. The van der Waals surface area contributed by atoms with Crippen LogP contribution in [0.1, 0.15) is 31.4 Å². The molecule has 6 heteroatoms. The number of carbonyl (C=O) groups is 2. The Hall–Kier alpha value is -2.26. The van der Waals surface area contributed by atoms with Crippen LogP contribution in [-0.2, 0) is 16.1 Å². The van der Waals surface area contributed by atoms with Crippen LogP contribution in [0.2, 0.25) is 0 Å². The summed E-state index contributed by atoms with van der Waals surface area (Å²) < 4.78 is 0. The smallest absolute Gasteiger partial charge is 0.250 e. The Kier molecular flexibility index (Phi) is 6.44. The first-order chi connectivity index (χ1) is 11.6. The van der Waals surface area contributed by atoms with Crippen molar-refractivity contribution in [2.45, 2.75) is 32.9 Å². The lowest BCUT2D eigenvalue weighted by molar-refractivity contribution is -0.135. The van der Waals surface area contributed by atoms with Gasteiger partial charge < -0.3 is 10.2 Å². The Bertz CT molecular complexity index is 694. The van der Waals surface area contributed by atoms with Crippen LogP contribution in [-0.4, -0.2) is 34.4 Å². The molecule has 24 heavy (non-hydrogen) atoms. The van der Waals surface area contributed by atoms with Gasteiger partial charge in [-0.1, -0.05) is 25.1 Å². The molecule has 1 heterocycles. The quantitative estimate of drug-likeness (QED) is 0.834. The monoisotopic (exact) mass is 343 g/mol. The minimum absolute atomic E-state index is 0.0755. The van der Waals surface area contributed by atoms with E-state index in [1.807, 2.05) is 19.1 Å². The molecule has 126 valence electrons. The highest BCUT2D eigenvalue weighted by Gasteiger charge is 2.34. The minimum atomic E-state index is -0.443. The second-order valence-electron chi connectivity index (χ2n) is 5.62. The van der Waals surface area contributed by atoms with Gasteiger partial charge in [0.25, 0.3) is 5.91 Å². The molecule has 1 aromatic rings. The van der Waals surface area contributed by atoms with E-state index in [0.717, 1.165) is 12.0 Å². The van der Waals surface area contributed by atoms with E-state index in [0.29, 0.717) is 29.3 Å². The van der Waals surface area contributed by atoms with Crippen molar-refractivity contribution in [3.8, 4) is 6.07 Å². The van der Waals surface area contributed by atoms with E-state index in [1.54, 1.807) is 41.8 Å². The highest BCUT2D eigenvalue weighted by molar-refractivity contribution is 7.99. The summed E-state index contributed by atoms with van der Waals surface area (Å²) in [6.07, 6.45) is 2.68. The number of rotatable bonds is 5. The van der Waals surface area contributed by atoms with Gasteiger partial charge in [-0.2, -0.15) is 5.26 Å². The van der Waals surface area contributed by atoms with Gasteiger partial charge in [0.2, 0.25) is 5.91 Å². The Morgan fingerprint density at radius 3 is 3.00 bits per heavy atom. The van der Waals surface area contributed by atoms with Gasteiger partial charge in [-0.3, -0.25) is 9.59 Å². The average Bonchev–Trinajstić information content (AvgIpc) is 3.09. The lowest BCUT2D eigenvalue weighted by Gasteiger charge is -2.23. The molecule has 2 amide bonds. The molecule has 0 bridgehead atoms. The maximum Gasteiger partial charge on any atom is 0.250 e. The minimum Gasteiger partial charge on any atom is -0.350 e. The van der Waals surface area contributed by atoms with E-state index in [9.17, 15) is 9.59 Å². The van der Waals surface area contributed by atoms with E-state index in [1.165, 1.54) is 0 Å². The van der Waals surface area contributed by atoms with Crippen LogP contribution in [0.15, 0.2) is 35.9 Å². The number of nitriles is 1. The van der Waals surface area contributed by atoms with Crippen molar-refractivity contribution in [1.82, 2.24) is 10.2 Å². The first-order valence-electron chi connectivity index (χ1n) is 7.89. The summed E-state index contributed by atoms with van der Waals surface area (Å²) >= 11 is 1.58. The average molecular weight is 343 g/mol. The third-order valence-corrected chi connectivity index (χ3v) is 4.83. The van der Waals surface area contributed by atoms with Crippen molar-refractivity contribution >= 4 is 23.6 Å². The molecular formula is C18H21N3O2S. The van der Waals surface area contributed by atoms with Gasteiger partial charge in [0.1, 0.15) is 6.04 Å². The predicted molar refractivity (Wildman–Crippen MR) is 95.0 cm³/mol. The highest BCUT2D eigenvalue weighted by Crippen LogP contribution is 2.23. The Labute approximate surface area is 146 Å². The molecule has 1 atom stereocenters. The fourth-order valence-electron chi connectivity index (χ4n) is 2.54. The van der Waals surface area contributed by atoms with Gasteiger partial charge in [-0.15, -0.1) is 11.8 Å². The zero-order valence-corrected chi connectivity index (χ0v) is 14.7. The van der Waals surface area contributed by atoms with Crippen molar-refractivity contribution in [2.24, 2.45) is 0 Å². The normalized spacial score (nSPS) is 17.5. The summed E-state index contributed by atoms with van der Waals surface area (Å²) in [5.74, 6) is 0.916. The van der Waals surface area contributed by atoms with E-state index in [-0.39, 0.29) is 11.8 Å². The second-order valence-corrected chi connectivity index (χ2v) is 6.62. The van der Waals surface area contributed by atoms with Crippen LogP contribution in [0.4, 0.5) is 0 Å². The molecule has 0 aromatic heterocycles. The fraction of sp³-hybridized carbons (Fsp3) is 0.389. The van der Waals surface area contributed by atoms with Gasteiger partial charge >= 0.3 is 0 Å². The summed E-state index contributed by atoms with van der Waals surface area (Å²) in [5.41, 5.74) is 2.11. The molecule has 1 aromatic carbocycles. The van der Waals surface area contributed by atoms with Crippen molar-refractivity contribution in [1.29, 1.82) is 5.26 Å². The van der Waals surface area contributed by atoms with E-state index in [2.05, 4.69) is 11.4 Å². The lowest BCUT2D eigenvalue weighted by atomic mass is 10.1. The number of amides is 2. The molecule has 1 N–H and O–H groups in total. The first kappa shape index (κ1) is 18.1. The number of allylic oxidation sites excluding steroid dienone is 1. The van der Waals surface area contributed by atoms with Gasteiger partial charge in [-0.05, 0) is 31.0 Å². The van der Waals surface area contributed by atoms with Crippen LogP contribution >= 0.6 is 11.8 Å². The van der Waals surface area contributed by atoms with Gasteiger partial charge in [0.05, 0.1) is 17.5 Å².